The summed E-state index contributed by atoms with van der Waals surface area (Å²) >= 11 is 0. The van der Waals surface area contributed by atoms with E-state index in [0.717, 1.165) is 24.7 Å². The molecule has 208 valence electrons. The smallest absolute Gasteiger partial charge is 0.434 e. The minimum atomic E-state index is -4.54. The molecule has 40 heavy (non-hydrogen) atoms. The number of hydrogen-bond donors (Lipinski definition) is 0. The van der Waals surface area contributed by atoms with Crippen LogP contribution in [0.5, 0.6) is 11.8 Å². The summed E-state index contributed by atoms with van der Waals surface area (Å²) in [6.45, 7) is 1.84. The molecule has 0 atom stereocenters. The monoisotopic (exact) mass is 554 g/mol. The molecule has 1 saturated carbocycles. The number of imidazole rings is 1. The highest BCUT2D eigenvalue weighted by Crippen LogP contribution is 2.45. The molecule has 5 rings (SSSR count). The number of methoxy groups -OCH3 is 1. The summed E-state index contributed by atoms with van der Waals surface area (Å²) in [5, 5.41) is 0. The molecular formula is C27H25F3N6O4. The number of carbonyl (C=O) groups excluding carboxylic acids is 1. The molecule has 3 heterocycles. The van der Waals surface area contributed by atoms with Gasteiger partial charge in [-0.3, -0.25) is 0 Å². The molecule has 1 aliphatic rings. The summed E-state index contributed by atoms with van der Waals surface area (Å²) < 4.78 is 57.0. The van der Waals surface area contributed by atoms with Crippen molar-refractivity contribution in [3.8, 4) is 34.5 Å². The van der Waals surface area contributed by atoms with Crippen molar-refractivity contribution in [3.63, 3.8) is 0 Å². The molecule has 4 aromatic rings. The van der Waals surface area contributed by atoms with Crippen LogP contribution in [-0.4, -0.2) is 49.2 Å². The molecule has 1 aliphatic carbocycles. The Morgan fingerprint density at radius 2 is 1.82 bits per heavy atom. The van der Waals surface area contributed by atoms with Crippen LogP contribution >= 0.6 is 0 Å². The second-order valence-corrected chi connectivity index (χ2v) is 9.09. The highest BCUT2D eigenvalue weighted by molar-refractivity contribution is 5.91. The molecule has 0 radical (unpaired) electrons. The third-order valence-electron chi connectivity index (χ3n) is 6.23. The Labute approximate surface area is 227 Å². The lowest BCUT2D eigenvalue weighted by atomic mass is 10.1. The fraction of sp³-hybridized carbons (Fsp3) is 0.333. The van der Waals surface area contributed by atoms with Crippen LogP contribution in [0.2, 0.25) is 0 Å². The largest absolute Gasteiger partial charge is 0.480 e. The van der Waals surface area contributed by atoms with Gasteiger partial charge in [0.05, 0.1) is 19.4 Å². The minimum Gasteiger partial charge on any atom is -0.480 e. The molecule has 0 unspecified atom stereocenters. The average molecular weight is 555 g/mol. The Morgan fingerprint density at radius 3 is 2.45 bits per heavy atom. The summed E-state index contributed by atoms with van der Waals surface area (Å²) in [6, 6.07) is 6.69. The van der Waals surface area contributed by atoms with E-state index in [2.05, 4.69) is 24.9 Å². The number of alkyl halides is 3. The second kappa shape index (κ2) is 10.9. The van der Waals surface area contributed by atoms with Gasteiger partial charge in [-0.1, -0.05) is 24.3 Å². The molecule has 1 aromatic carbocycles. The topological polar surface area (TPSA) is 114 Å². The number of nitrogens with zero attached hydrogens (tertiary/aromatic N) is 6. The quantitative estimate of drug-likeness (QED) is 0.264. The van der Waals surface area contributed by atoms with E-state index < -0.39 is 17.8 Å². The van der Waals surface area contributed by atoms with Crippen molar-refractivity contribution in [1.29, 1.82) is 0 Å². The number of aryl methyl sites for hydroxylation is 1. The van der Waals surface area contributed by atoms with Gasteiger partial charge in [0.25, 0.3) is 0 Å². The predicted molar refractivity (Wildman–Crippen MR) is 136 cm³/mol. The lowest BCUT2D eigenvalue weighted by Gasteiger charge is -2.14. The van der Waals surface area contributed by atoms with E-state index in [0.29, 0.717) is 22.6 Å². The first-order valence-corrected chi connectivity index (χ1v) is 12.5. The molecule has 0 saturated heterocycles. The summed E-state index contributed by atoms with van der Waals surface area (Å²) in [5.74, 6) is 0.329. The van der Waals surface area contributed by atoms with Gasteiger partial charge in [-0.25, -0.2) is 24.7 Å². The van der Waals surface area contributed by atoms with Gasteiger partial charge in [0.15, 0.2) is 11.5 Å². The van der Waals surface area contributed by atoms with Crippen molar-refractivity contribution < 1.29 is 32.2 Å². The SMILES string of the molecule is CCOC(=O)c1cnc(-c2c(OC)ncnc2C2CC2)nc1OCc1ccc(-c2nc(C(F)(F)F)cn2C)cc1. The van der Waals surface area contributed by atoms with Crippen LogP contribution in [0.3, 0.4) is 0 Å². The maximum Gasteiger partial charge on any atom is 0.434 e. The number of carbonyl (C=O) groups is 1. The van der Waals surface area contributed by atoms with Gasteiger partial charge in [0.2, 0.25) is 11.8 Å². The van der Waals surface area contributed by atoms with Crippen LogP contribution in [-0.2, 0) is 24.6 Å². The summed E-state index contributed by atoms with van der Waals surface area (Å²) in [5.41, 5.74) is 1.56. The number of halogens is 3. The van der Waals surface area contributed by atoms with E-state index in [1.165, 1.54) is 31.2 Å². The molecular weight excluding hydrogens is 529 g/mol. The molecule has 0 spiro atoms. The van der Waals surface area contributed by atoms with Gasteiger partial charge in [-0.2, -0.15) is 18.2 Å². The van der Waals surface area contributed by atoms with E-state index in [1.54, 1.807) is 31.2 Å². The van der Waals surface area contributed by atoms with Gasteiger partial charge in [-0.15, -0.1) is 0 Å². The number of hydrogen-bond acceptors (Lipinski definition) is 9. The second-order valence-electron chi connectivity index (χ2n) is 9.09. The maximum absolute atomic E-state index is 13.1. The molecule has 13 heteroatoms. The van der Waals surface area contributed by atoms with Gasteiger partial charge in [0, 0.05) is 30.9 Å². The molecule has 10 nitrogen and oxygen atoms in total. The van der Waals surface area contributed by atoms with Crippen molar-refractivity contribution >= 4 is 5.97 Å². The van der Waals surface area contributed by atoms with Crippen LogP contribution in [0.15, 0.2) is 43.0 Å². The van der Waals surface area contributed by atoms with Crippen LogP contribution in [0.4, 0.5) is 13.2 Å². The Bertz CT molecular complexity index is 1530. The molecule has 3 aromatic heterocycles. The van der Waals surface area contributed by atoms with Crippen LogP contribution in [0, 0.1) is 0 Å². The van der Waals surface area contributed by atoms with E-state index in [-0.39, 0.29) is 42.2 Å². The average Bonchev–Trinajstić information content (AvgIpc) is 3.71. The van der Waals surface area contributed by atoms with Gasteiger partial charge < -0.3 is 18.8 Å². The highest BCUT2D eigenvalue weighted by Gasteiger charge is 2.35. The van der Waals surface area contributed by atoms with Crippen LogP contribution in [0.25, 0.3) is 22.8 Å². The number of rotatable bonds is 9. The Morgan fingerprint density at radius 1 is 1.07 bits per heavy atom. The van der Waals surface area contributed by atoms with E-state index in [1.807, 2.05) is 0 Å². The number of esters is 1. The zero-order valence-corrected chi connectivity index (χ0v) is 21.9. The van der Waals surface area contributed by atoms with Crippen molar-refractivity contribution in [2.24, 2.45) is 7.05 Å². The number of aromatic nitrogens is 6. The first-order chi connectivity index (χ1) is 19.2. The highest BCUT2D eigenvalue weighted by atomic mass is 19.4. The van der Waals surface area contributed by atoms with Crippen LogP contribution < -0.4 is 9.47 Å². The number of benzene rings is 1. The summed E-state index contributed by atoms with van der Waals surface area (Å²) in [6.07, 6.45) is 1.12. The van der Waals surface area contributed by atoms with Crippen molar-refractivity contribution in [1.82, 2.24) is 29.5 Å². The minimum absolute atomic E-state index is 0.000833. The van der Waals surface area contributed by atoms with Crippen molar-refractivity contribution in [2.45, 2.75) is 38.5 Å². The molecule has 1 fully saturated rings. The zero-order valence-electron chi connectivity index (χ0n) is 21.9. The molecule has 0 N–H and O–H groups in total. The van der Waals surface area contributed by atoms with Crippen molar-refractivity contribution in [3.05, 3.63) is 65.5 Å². The maximum atomic E-state index is 13.1. The van der Waals surface area contributed by atoms with E-state index in [9.17, 15) is 18.0 Å². The van der Waals surface area contributed by atoms with Gasteiger partial charge >= 0.3 is 12.1 Å². The fourth-order valence-corrected chi connectivity index (χ4v) is 4.13. The first-order valence-electron chi connectivity index (χ1n) is 12.5. The number of ether oxygens (including phenoxy) is 3. The fourth-order valence-electron chi connectivity index (χ4n) is 4.13. The van der Waals surface area contributed by atoms with Crippen molar-refractivity contribution in [2.75, 3.05) is 13.7 Å². The van der Waals surface area contributed by atoms with E-state index >= 15 is 0 Å². The first kappa shape index (κ1) is 27.0. The van der Waals surface area contributed by atoms with Gasteiger partial charge in [-0.05, 0) is 25.3 Å². The summed E-state index contributed by atoms with van der Waals surface area (Å²) in [7, 11) is 2.99. The lowest BCUT2D eigenvalue weighted by molar-refractivity contribution is -0.140. The predicted octanol–water partition coefficient (Wildman–Crippen LogP) is 4.99. The Hall–Kier alpha value is -4.55. The normalized spacial score (nSPS) is 13.2. The molecule has 0 bridgehead atoms. The molecule has 0 amide bonds. The lowest BCUT2D eigenvalue weighted by Crippen LogP contribution is -2.11. The van der Waals surface area contributed by atoms with Gasteiger partial charge in [0.1, 0.15) is 29.9 Å². The van der Waals surface area contributed by atoms with E-state index in [4.69, 9.17) is 14.2 Å². The summed E-state index contributed by atoms with van der Waals surface area (Å²) in [4.78, 5) is 33.9. The van der Waals surface area contributed by atoms with Crippen LogP contribution in [0.1, 0.15) is 53.0 Å². The standard InChI is InChI=1S/C27H25F3N6O4/c1-4-39-26(37)18-11-31-22(20-21(16-9-10-16)32-14-33-25(20)38-3)35-24(18)40-13-15-5-7-17(8-6-15)23-34-19(12-36(23)2)27(28,29)30/h5-8,11-12,14,16H,4,9-10,13H2,1-3H3. The Balaban J connectivity index is 1.43. The third kappa shape index (κ3) is 5.58. The molecule has 0 aliphatic heterocycles. The third-order valence-corrected chi connectivity index (χ3v) is 6.23. The Kier molecular flexibility index (Phi) is 7.37. The zero-order chi connectivity index (χ0) is 28.4.